The van der Waals surface area contributed by atoms with Gasteiger partial charge in [-0.3, -0.25) is 0 Å². The van der Waals surface area contributed by atoms with Crippen LogP contribution in [0.2, 0.25) is 0 Å². The van der Waals surface area contributed by atoms with Crippen LogP contribution < -0.4 is 33.3 Å². The fourth-order valence-corrected chi connectivity index (χ4v) is 2.88. The first-order valence-corrected chi connectivity index (χ1v) is 7.39. The molecule has 0 bridgehead atoms. The summed E-state index contributed by atoms with van der Waals surface area (Å²) in [5, 5.41) is 3.48. The van der Waals surface area contributed by atoms with E-state index in [1.54, 1.807) is 11.3 Å². The summed E-state index contributed by atoms with van der Waals surface area (Å²) in [5.74, 6) is 1.71. The maximum atomic E-state index is 5.80. The average molecular weight is 427 g/mol. The highest BCUT2D eigenvalue weighted by molar-refractivity contribution is 7.09. The highest BCUT2D eigenvalue weighted by Crippen LogP contribution is 2.25. The second-order valence-electron chi connectivity index (χ2n) is 4.64. The van der Waals surface area contributed by atoms with Crippen molar-refractivity contribution in [3.05, 3.63) is 65.0 Å². The predicted molar refractivity (Wildman–Crippen MR) is 85.8 cm³/mol. The lowest BCUT2D eigenvalue weighted by atomic mass is 10.1. The van der Waals surface area contributed by atoms with Gasteiger partial charge in [0, 0.05) is 12.5 Å². The molecule has 0 unspecified atom stereocenters. The molecule has 2 aromatic carbocycles. The summed E-state index contributed by atoms with van der Waals surface area (Å²) in [5.41, 5.74) is 2.44. The Morgan fingerprint density at radius 2 is 1.50 bits per heavy atom. The topological polar surface area (TPSA) is 44.6 Å². The average Bonchev–Trinajstić information content (AvgIpc) is 2.81. The minimum Gasteiger partial charge on any atom is -1.00 e. The predicted octanol–water partition coefficient (Wildman–Crippen LogP) is 0.520. The Hall–Kier alpha value is -1.44. The lowest BCUT2D eigenvalue weighted by molar-refractivity contribution is -0.661. The second-order valence-corrected chi connectivity index (χ2v) is 5.70. The van der Waals surface area contributed by atoms with Crippen LogP contribution in [-0.2, 0) is 7.05 Å². The summed E-state index contributed by atoms with van der Waals surface area (Å²) in [7, 11) is 2.09. The smallest absolute Gasteiger partial charge is 0.234 e. The summed E-state index contributed by atoms with van der Waals surface area (Å²) in [6, 6.07) is 18.0. The molecule has 0 saturated carbocycles. The number of thiazole rings is 1. The van der Waals surface area contributed by atoms with Gasteiger partial charge in [-0.1, -0.05) is 29.5 Å². The van der Waals surface area contributed by atoms with Crippen molar-refractivity contribution in [3.63, 3.8) is 0 Å². The molecule has 0 aliphatic rings. The van der Waals surface area contributed by atoms with Crippen molar-refractivity contribution in [3.8, 4) is 22.8 Å². The number of aromatic nitrogens is 1. The minimum absolute atomic E-state index is 0. The Morgan fingerprint density at radius 1 is 0.909 bits per heavy atom. The molecule has 2 N–H and O–H groups in total. The molecule has 5 heteroatoms. The number of para-hydroxylation sites is 1. The molecule has 0 saturated heterocycles. The third kappa shape index (κ3) is 4.06. The Balaban J connectivity index is 0.00000121. The van der Waals surface area contributed by atoms with Crippen LogP contribution in [0.5, 0.6) is 11.5 Å². The number of aryl methyl sites for hydroxylation is 1. The van der Waals surface area contributed by atoms with E-state index < -0.39 is 0 Å². The third-order valence-corrected chi connectivity index (χ3v) is 4.26. The van der Waals surface area contributed by atoms with E-state index in [9.17, 15) is 0 Å². The van der Waals surface area contributed by atoms with E-state index in [0.29, 0.717) is 0 Å². The van der Waals surface area contributed by atoms with E-state index in [1.807, 2.05) is 42.5 Å². The Kier molecular flexibility index (Phi) is 6.99. The molecule has 116 valence electrons. The number of hydrogen-bond acceptors (Lipinski definition) is 2. The van der Waals surface area contributed by atoms with Crippen LogP contribution >= 0.6 is 11.3 Å². The largest absolute Gasteiger partial charge is 1.00 e. The number of halogens is 1. The number of rotatable bonds is 3. The summed E-state index contributed by atoms with van der Waals surface area (Å²) < 4.78 is 8.01. The first-order valence-electron chi connectivity index (χ1n) is 6.51. The van der Waals surface area contributed by atoms with Crippen molar-refractivity contribution in [1.29, 1.82) is 0 Å². The fourth-order valence-electron chi connectivity index (χ4n) is 2.05. The molecular weight excluding hydrogens is 409 g/mol. The first-order chi connectivity index (χ1) is 9.74. The zero-order chi connectivity index (χ0) is 13.9. The van der Waals surface area contributed by atoms with Gasteiger partial charge in [-0.15, -0.1) is 0 Å². The van der Waals surface area contributed by atoms with Gasteiger partial charge in [0.05, 0.1) is 5.38 Å². The molecule has 3 rings (SSSR count). The van der Waals surface area contributed by atoms with Gasteiger partial charge >= 0.3 is 0 Å². The van der Waals surface area contributed by atoms with Crippen LogP contribution in [0.1, 0.15) is 5.01 Å². The molecule has 0 aliphatic carbocycles. The van der Waals surface area contributed by atoms with Crippen molar-refractivity contribution in [2.24, 2.45) is 7.05 Å². The zero-order valence-corrected chi connectivity index (χ0v) is 15.4. The van der Waals surface area contributed by atoms with E-state index in [2.05, 4.69) is 36.1 Å². The summed E-state index contributed by atoms with van der Waals surface area (Å²) in [4.78, 5) is 0. The highest BCUT2D eigenvalue weighted by atomic mass is 127. The Bertz CT molecular complexity index is 711. The van der Waals surface area contributed by atoms with Gasteiger partial charge in [0.15, 0.2) is 0 Å². The van der Waals surface area contributed by atoms with Crippen LogP contribution in [-0.4, -0.2) is 5.48 Å². The molecule has 22 heavy (non-hydrogen) atoms. The molecule has 0 aliphatic heterocycles. The number of hydrogen-bond donors (Lipinski definition) is 0. The number of benzene rings is 2. The van der Waals surface area contributed by atoms with Crippen molar-refractivity contribution < 1.29 is 38.8 Å². The Morgan fingerprint density at radius 3 is 2.05 bits per heavy atom. The van der Waals surface area contributed by atoms with Crippen molar-refractivity contribution in [2.75, 3.05) is 0 Å². The third-order valence-electron chi connectivity index (χ3n) is 3.30. The van der Waals surface area contributed by atoms with E-state index in [4.69, 9.17) is 4.74 Å². The van der Waals surface area contributed by atoms with Crippen LogP contribution in [0.4, 0.5) is 0 Å². The molecule has 3 aromatic rings. The van der Waals surface area contributed by atoms with E-state index in [0.717, 1.165) is 11.5 Å². The minimum atomic E-state index is 0. The molecule has 0 fully saturated rings. The SMILES string of the molecule is Cc1scc(-c2ccc(Oc3ccccc3)cc2)[n+]1C.O.[I-]. The maximum absolute atomic E-state index is 5.80. The lowest BCUT2D eigenvalue weighted by Crippen LogP contribution is -3.00. The first kappa shape index (κ1) is 18.6. The Labute approximate surface area is 151 Å². The zero-order valence-electron chi connectivity index (χ0n) is 12.4. The molecule has 0 atom stereocenters. The lowest BCUT2D eigenvalue weighted by Gasteiger charge is -2.05. The summed E-state index contributed by atoms with van der Waals surface area (Å²) >= 11 is 1.76. The molecule has 0 amide bonds. The van der Waals surface area contributed by atoms with Gasteiger partial charge in [-0.25, -0.2) is 0 Å². The van der Waals surface area contributed by atoms with Crippen LogP contribution in [0, 0.1) is 6.92 Å². The van der Waals surface area contributed by atoms with Gasteiger partial charge < -0.3 is 34.2 Å². The second kappa shape index (κ2) is 8.26. The number of nitrogens with zero attached hydrogens (tertiary/aromatic N) is 1. The van der Waals surface area contributed by atoms with Crippen molar-refractivity contribution >= 4 is 11.3 Å². The van der Waals surface area contributed by atoms with E-state index in [-0.39, 0.29) is 29.5 Å². The standard InChI is InChI=1S/C17H16NOS.HI.H2O/c1-13-18(2)17(12-20-13)14-8-10-16(11-9-14)19-15-6-4-3-5-7-15;;/h3-12H,1-2H3;1H;1H2/q+1;;/p-1. The molecule has 3 nitrogen and oxygen atoms in total. The van der Waals surface area contributed by atoms with Gasteiger partial charge in [0.2, 0.25) is 10.7 Å². The highest BCUT2D eigenvalue weighted by Gasteiger charge is 2.14. The molecule has 1 aromatic heterocycles. The molecule has 1 heterocycles. The summed E-state index contributed by atoms with van der Waals surface area (Å²) in [6.07, 6.45) is 0. The van der Waals surface area contributed by atoms with Crippen LogP contribution in [0.3, 0.4) is 0 Å². The normalized spacial score (nSPS) is 9.55. The van der Waals surface area contributed by atoms with Crippen molar-refractivity contribution in [2.45, 2.75) is 6.92 Å². The molecule has 0 spiro atoms. The van der Waals surface area contributed by atoms with Gasteiger partial charge in [0.1, 0.15) is 18.5 Å². The van der Waals surface area contributed by atoms with Crippen molar-refractivity contribution in [1.82, 2.24) is 0 Å². The summed E-state index contributed by atoms with van der Waals surface area (Å²) in [6.45, 7) is 2.13. The molecular formula is C17H18INO2S. The monoisotopic (exact) mass is 427 g/mol. The quantitative estimate of drug-likeness (QED) is 0.444. The van der Waals surface area contributed by atoms with Gasteiger partial charge in [-0.2, -0.15) is 4.57 Å². The fraction of sp³-hybridized carbons (Fsp3) is 0.118. The molecule has 0 radical (unpaired) electrons. The maximum Gasteiger partial charge on any atom is 0.234 e. The van der Waals surface area contributed by atoms with E-state index >= 15 is 0 Å². The van der Waals surface area contributed by atoms with E-state index in [1.165, 1.54) is 16.3 Å². The van der Waals surface area contributed by atoms with Crippen LogP contribution in [0.15, 0.2) is 60.0 Å². The van der Waals surface area contributed by atoms with Gasteiger partial charge in [-0.05, 0) is 36.4 Å². The van der Waals surface area contributed by atoms with Gasteiger partial charge in [0.25, 0.3) is 0 Å². The van der Waals surface area contributed by atoms with Crippen LogP contribution in [0.25, 0.3) is 11.3 Å². The number of ether oxygens (including phenoxy) is 1.